The number of aromatic amines is 1. The van der Waals surface area contributed by atoms with Crippen molar-refractivity contribution in [2.45, 2.75) is 13.7 Å². The summed E-state index contributed by atoms with van der Waals surface area (Å²) < 4.78 is 11.5. The fourth-order valence-corrected chi connectivity index (χ4v) is 1.58. The minimum absolute atomic E-state index is 0.0177. The number of amides is 1. The van der Waals surface area contributed by atoms with Crippen molar-refractivity contribution in [1.29, 1.82) is 0 Å². The van der Waals surface area contributed by atoms with Gasteiger partial charge in [0.05, 0.1) is 12.9 Å². The number of rotatable bonds is 7. The van der Waals surface area contributed by atoms with Gasteiger partial charge in [-0.1, -0.05) is 0 Å². The van der Waals surface area contributed by atoms with Crippen molar-refractivity contribution in [2.75, 3.05) is 18.5 Å². The third-order valence-corrected chi connectivity index (χ3v) is 2.43. The topological polar surface area (TPSA) is 128 Å². The quantitative estimate of drug-likeness (QED) is 0.389. The lowest BCUT2D eigenvalue weighted by molar-refractivity contribution is -0.142. The van der Waals surface area contributed by atoms with Gasteiger partial charge in [0.2, 0.25) is 12.4 Å². The van der Waals surface area contributed by atoms with Crippen molar-refractivity contribution in [3.63, 3.8) is 0 Å². The number of hydrogen-bond donors (Lipinski definition) is 2. The number of carbonyl (C=O) groups excluding carboxylic acids is 2. The standard InChI is InChI=1S/C11H13N5O5/c1-7(18)21-3-2-20-6-16-4-12-8-9(16)14-11(13-5-17)15-10(8)19/h4-5H,2-3,6H2,1H3,(H2,13,14,15,17,19). The Hall–Kier alpha value is -2.75. The van der Waals surface area contributed by atoms with Crippen molar-refractivity contribution in [3.8, 4) is 0 Å². The van der Waals surface area contributed by atoms with Gasteiger partial charge < -0.3 is 9.47 Å². The highest BCUT2D eigenvalue weighted by molar-refractivity contribution is 5.74. The molecule has 0 radical (unpaired) electrons. The number of anilines is 1. The average molecular weight is 295 g/mol. The van der Waals surface area contributed by atoms with Gasteiger partial charge >= 0.3 is 5.97 Å². The highest BCUT2D eigenvalue weighted by Gasteiger charge is 2.10. The number of aromatic nitrogens is 4. The molecular formula is C11H13N5O5. The van der Waals surface area contributed by atoms with Crippen LogP contribution in [0.5, 0.6) is 0 Å². The maximum absolute atomic E-state index is 11.7. The van der Waals surface area contributed by atoms with E-state index in [-0.39, 0.29) is 43.0 Å². The van der Waals surface area contributed by atoms with Gasteiger partial charge in [0.1, 0.15) is 13.3 Å². The van der Waals surface area contributed by atoms with Crippen LogP contribution >= 0.6 is 0 Å². The first-order valence-corrected chi connectivity index (χ1v) is 5.98. The second-order valence-electron chi connectivity index (χ2n) is 3.94. The molecule has 10 heteroatoms. The Balaban J connectivity index is 2.08. The van der Waals surface area contributed by atoms with Crippen LogP contribution in [0.15, 0.2) is 11.1 Å². The first-order chi connectivity index (χ1) is 10.1. The lowest BCUT2D eigenvalue weighted by Crippen LogP contribution is -2.14. The Labute approximate surface area is 118 Å². The van der Waals surface area contributed by atoms with Crippen LogP contribution in [0.4, 0.5) is 5.95 Å². The Morgan fingerprint density at radius 1 is 1.52 bits per heavy atom. The van der Waals surface area contributed by atoms with Gasteiger partial charge in [-0.3, -0.25) is 29.3 Å². The molecule has 1 amide bonds. The zero-order valence-electron chi connectivity index (χ0n) is 11.2. The van der Waals surface area contributed by atoms with Gasteiger partial charge in [-0.2, -0.15) is 4.98 Å². The molecule has 2 heterocycles. The smallest absolute Gasteiger partial charge is 0.302 e. The molecular weight excluding hydrogens is 282 g/mol. The molecule has 0 bridgehead atoms. The van der Waals surface area contributed by atoms with E-state index in [4.69, 9.17) is 9.47 Å². The van der Waals surface area contributed by atoms with Crippen molar-refractivity contribution in [1.82, 2.24) is 19.5 Å². The minimum atomic E-state index is -0.469. The number of carbonyl (C=O) groups is 2. The van der Waals surface area contributed by atoms with E-state index in [1.54, 1.807) is 0 Å². The molecule has 0 fully saturated rings. The fourth-order valence-electron chi connectivity index (χ4n) is 1.58. The molecule has 0 saturated carbocycles. The van der Waals surface area contributed by atoms with Crippen LogP contribution in [0.2, 0.25) is 0 Å². The number of nitrogens with one attached hydrogen (secondary N) is 2. The molecule has 21 heavy (non-hydrogen) atoms. The number of esters is 1. The zero-order valence-corrected chi connectivity index (χ0v) is 11.2. The van der Waals surface area contributed by atoms with Crippen LogP contribution in [0.25, 0.3) is 11.2 Å². The summed E-state index contributed by atoms with van der Waals surface area (Å²) in [4.78, 5) is 43.0. The van der Waals surface area contributed by atoms with Crippen LogP contribution in [0.1, 0.15) is 6.92 Å². The minimum Gasteiger partial charge on any atom is -0.463 e. The van der Waals surface area contributed by atoms with E-state index >= 15 is 0 Å². The van der Waals surface area contributed by atoms with Crippen LogP contribution in [-0.2, 0) is 25.8 Å². The van der Waals surface area contributed by atoms with Crippen LogP contribution in [0.3, 0.4) is 0 Å². The highest BCUT2D eigenvalue weighted by Crippen LogP contribution is 2.07. The van der Waals surface area contributed by atoms with E-state index < -0.39 is 5.56 Å². The summed E-state index contributed by atoms with van der Waals surface area (Å²) in [6, 6.07) is 0. The number of ether oxygens (including phenoxy) is 2. The summed E-state index contributed by atoms with van der Waals surface area (Å²) in [6.45, 7) is 1.71. The molecule has 0 unspecified atom stereocenters. The Morgan fingerprint density at radius 3 is 3.05 bits per heavy atom. The molecule has 0 aliphatic carbocycles. The summed E-state index contributed by atoms with van der Waals surface area (Å²) in [6.07, 6.45) is 1.80. The Kier molecular flexibility index (Phi) is 4.61. The molecule has 2 aromatic rings. The SMILES string of the molecule is CC(=O)OCCOCn1cnc2c(=O)[nH]c(NC=O)nc21. The summed E-state index contributed by atoms with van der Waals surface area (Å²) in [5.41, 5.74) is -0.0614. The maximum Gasteiger partial charge on any atom is 0.302 e. The maximum atomic E-state index is 11.7. The first-order valence-electron chi connectivity index (χ1n) is 5.98. The predicted molar refractivity (Wildman–Crippen MR) is 70.4 cm³/mol. The van der Waals surface area contributed by atoms with Gasteiger partial charge in [0.15, 0.2) is 11.2 Å². The predicted octanol–water partition coefficient (Wildman–Crippen LogP) is -0.775. The lowest BCUT2D eigenvalue weighted by Gasteiger charge is -2.06. The normalized spacial score (nSPS) is 10.5. The van der Waals surface area contributed by atoms with Crippen molar-refractivity contribution in [2.24, 2.45) is 0 Å². The third kappa shape index (κ3) is 3.63. The van der Waals surface area contributed by atoms with Gasteiger partial charge in [-0.25, -0.2) is 4.98 Å². The second-order valence-corrected chi connectivity index (χ2v) is 3.94. The van der Waals surface area contributed by atoms with Crippen LogP contribution in [0, 0.1) is 0 Å². The van der Waals surface area contributed by atoms with E-state index in [1.165, 1.54) is 17.8 Å². The molecule has 0 saturated heterocycles. The van der Waals surface area contributed by atoms with Gasteiger partial charge in [-0.15, -0.1) is 0 Å². The molecule has 2 aromatic heterocycles. The molecule has 0 spiro atoms. The number of fused-ring (bicyclic) bond motifs is 1. The summed E-state index contributed by atoms with van der Waals surface area (Å²) >= 11 is 0. The Morgan fingerprint density at radius 2 is 2.33 bits per heavy atom. The van der Waals surface area contributed by atoms with Gasteiger partial charge in [0, 0.05) is 6.92 Å². The molecule has 0 aliphatic rings. The van der Waals surface area contributed by atoms with Gasteiger partial charge in [-0.05, 0) is 0 Å². The van der Waals surface area contributed by atoms with Gasteiger partial charge in [0.25, 0.3) is 5.56 Å². The van der Waals surface area contributed by atoms with Crippen LogP contribution < -0.4 is 10.9 Å². The highest BCUT2D eigenvalue weighted by atomic mass is 16.6. The van der Waals surface area contributed by atoms with Crippen LogP contribution in [-0.4, -0.2) is 45.1 Å². The van der Waals surface area contributed by atoms with E-state index in [2.05, 4.69) is 20.3 Å². The molecule has 112 valence electrons. The Bertz CT molecular complexity index is 707. The summed E-state index contributed by atoms with van der Waals surface area (Å²) in [5, 5.41) is 2.26. The average Bonchev–Trinajstić information content (AvgIpc) is 2.82. The number of H-pyrrole nitrogens is 1. The fraction of sp³-hybridized carbons (Fsp3) is 0.364. The summed E-state index contributed by atoms with van der Waals surface area (Å²) in [7, 11) is 0. The monoisotopic (exact) mass is 295 g/mol. The second kappa shape index (κ2) is 6.61. The lowest BCUT2D eigenvalue weighted by atomic mass is 10.5. The van der Waals surface area contributed by atoms with E-state index in [0.29, 0.717) is 6.41 Å². The number of hydrogen-bond acceptors (Lipinski definition) is 7. The molecule has 2 rings (SSSR count). The van der Waals surface area contributed by atoms with E-state index in [1.807, 2.05) is 0 Å². The van der Waals surface area contributed by atoms with Crippen molar-refractivity contribution in [3.05, 3.63) is 16.7 Å². The molecule has 0 aromatic carbocycles. The molecule has 0 aliphatic heterocycles. The summed E-state index contributed by atoms with van der Waals surface area (Å²) in [5.74, 6) is -0.367. The zero-order chi connectivity index (χ0) is 15.2. The number of imidazole rings is 1. The molecule has 2 N–H and O–H groups in total. The third-order valence-electron chi connectivity index (χ3n) is 2.43. The number of nitrogens with zero attached hydrogens (tertiary/aromatic N) is 3. The van der Waals surface area contributed by atoms with Crippen molar-refractivity contribution < 1.29 is 19.1 Å². The van der Waals surface area contributed by atoms with E-state index in [9.17, 15) is 14.4 Å². The molecule has 0 atom stereocenters. The van der Waals surface area contributed by atoms with E-state index in [0.717, 1.165) is 0 Å². The first kappa shape index (κ1) is 14.7. The largest absolute Gasteiger partial charge is 0.463 e. The molecule has 10 nitrogen and oxygen atoms in total. The van der Waals surface area contributed by atoms with Crippen molar-refractivity contribution >= 4 is 29.5 Å².